The summed E-state index contributed by atoms with van der Waals surface area (Å²) in [7, 11) is 1.81. The molecule has 2 N–H and O–H groups in total. The number of carbonyl (C=O) groups is 2. The van der Waals surface area contributed by atoms with E-state index in [0.717, 1.165) is 23.9 Å². The molecule has 0 bridgehead atoms. The summed E-state index contributed by atoms with van der Waals surface area (Å²) in [4.78, 5) is 34.0. The van der Waals surface area contributed by atoms with Gasteiger partial charge in [0, 0.05) is 49.6 Å². The number of hydrogen-bond donors (Lipinski definition) is 2. The van der Waals surface area contributed by atoms with E-state index < -0.39 is 0 Å². The lowest BCUT2D eigenvalue weighted by Gasteiger charge is -2.17. The maximum Gasteiger partial charge on any atom is 0.226 e. The molecule has 2 amide bonds. The summed E-state index contributed by atoms with van der Waals surface area (Å²) < 4.78 is 0. The van der Waals surface area contributed by atoms with Gasteiger partial charge in [0.2, 0.25) is 11.8 Å². The standard InChI is InChI=1S/C23H26N4O2/c1-27(13-9-16-6-10-24-11-7-16)23(29)20-14-19(20)22(28)25-12-8-17-15-26-21-5-3-2-4-18(17)21/h2-7,10-11,15,19-20,26H,8-9,12-14H2,1H3,(H,25,28). The van der Waals surface area contributed by atoms with Crippen LogP contribution in [-0.2, 0) is 22.4 Å². The van der Waals surface area contributed by atoms with Crippen molar-refractivity contribution >= 4 is 22.7 Å². The summed E-state index contributed by atoms with van der Waals surface area (Å²) in [6.45, 7) is 1.23. The molecule has 1 saturated carbocycles. The van der Waals surface area contributed by atoms with E-state index in [4.69, 9.17) is 0 Å². The van der Waals surface area contributed by atoms with E-state index in [2.05, 4.69) is 21.4 Å². The van der Waals surface area contributed by atoms with Gasteiger partial charge in [0.25, 0.3) is 0 Å². The largest absolute Gasteiger partial charge is 0.361 e. The molecule has 2 aromatic heterocycles. The van der Waals surface area contributed by atoms with Crippen LogP contribution in [0.4, 0.5) is 0 Å². The molecule has 0 saturated heterocycles. The summed E-state index contributed by atoms with van der Waals surface area (Å²) in [5.74, 6) is -0.305. The van der Waals surface area contributed by atoms with Gasteiger partial charge >= 0.3 is 0 Å². The number of pyridine rings is 1. The van der Waals surface area contributed by atoms with Crippen LogP contribution in [0.3, 0.4) is 0 Å². The van der Waals surface area contributed by atoms with E-state index in [-0.39, 0.29) is 23.7 Å². The van der Waals surface area contributed by atoms with Crippen LogP contribution in [-0.4, -0.2) is 46.8 Å². The molecular weight excluding hydrogens is 364 g/mol. The molecule has 1 fully saturated rings. The average Bonchev–Trinajstić information content (AvgIpc) is 3.46. The number of nitrogens with zero attached hydrogens (tertiary/aromatic N) is 2. The molecule has 4 rings (SSSR count). The fourth-order valence-electron chi connectivity index (χ4n) is 3.79. The first-order valence-electron chi connectivity index (χ1n) is 10.1. The smallest absolute Gasteiger partial charge is 0.226 e. The second-order valence-electron chi connectivity index (χ2n) is 7.71. The summed E-state index contributed by atoms with van der Waals surface area (Å²) in [5, 5.41) is 4.19. The van der Waals surface area contributed by atoms with Gasteiger partial charge < -0.3 is 15.2 Å². The highest BCUT2D eigenvalue weighted by Crippen LogP contribution is 2.40. The Hall–Kier alpha value is -3.15. The fourth-order valence-corrected chi connectivity index (χ4v) is 3.79. The lowest BCUT2D eigenvalue weighted by molar-refractivity contribution is -0.133. The summed E-state index contributed by atoms with van der Waals surface area (Å²) in [6, 6.07) is 12.1. The fraction of sp³-hybridized carbons (Fsp3) is 0.348. The van der Waals surface area contributed by atoms with Crippen molar-refractivity contribution in [3.05, 3.63) is 66.1 Å². The Morgan fingerprint density at radius 2 is 1.93 bits per heavy atom. The zero-order valence-corrected chi connectivity index (χ0v) is 16.6. The maximum absolute atomic E-state index is 12.6. The van der Waals surface area contributed by atoms with Crippen LogP contribution in [0.2, 0.25) is 0 Å². The number of likely N-dealkylation sites (N-methyl/N-ethyl adjacent to an activating group) is 1. The van der Waals surface area contributed by atoms with Crippen LogP contribution in [0.1, 0.15) is 17.5 Å². The van der Waals surface area contributed by atoms with Gasteiger partial charge in [-0.25, -0.2) is 0 Å². The molecule has 0 radical (unpaired) electrons. The van der Waals surface area contributed by atoms with Gasteiger partial charge in [0.15, 0.2) is 0 Å². The minimum atomic E-state index is -0.186. The lowest BCUT2D eigenvalue weighted by atomic mass is 10.1. The number of fused-ring (bicyclic) bond motifs is 1. The SMILES string of the molecule is CN(CCc1ccncc1)C(=O)C1CC1C(=O)NCCc1c[nH]c2ccccc12. The molecule has 1 aliphatic rings. The predicted molar refractivity (Wildman–Crippen MR) is 112 cm³/mol. The molecular formula is C23H26N4O2. The van der Waals surface area contributed by atoms with E-state index >= 15 is 0 Å². The molecule has 2 atom stereocenters. The van der Waals surface area contributed by atoms with Gasteiger partial charge in [0.1, 0.15) is 0 Å². The Labute approximate surface area is 170 Å². The van der Waals surface area contributed by atoms with Crippen LogP contribution in [0, 0.1) is 11.8 Å². The molecule has 3 aromatic rings. The van der Waals surface area contributed by atoms with Crippen LogP contribution in [0.5, 0.6) is 0 Å². The number of nitrogens with one attached hydrogen (secondary N) is 2. The summed E-state index contributed by atoms with van der Waals surface area (Å²) in [5.41, 5.74) is 3.46. The van der Waals surface area contributed by atoms with Gasteiger partial charge in [-0.05, 0) is 48.6 Å². The third-order valence-corrected chi connectivity index (χ3v) is 5.67. The van der Waals surface area contributed by atoms with Gasteiger partial charge in [-0.1, -0.05) is 18.2 Å². The molecule has 0 spiro atoms. The van der Waals surface area contributed by atoms with Gasteiger partial charge in [-0.2, -0.15) is 0 Å². The third-order valence-electron chi connectivity index (χ3n) is 5.67. The average molecular weight is 390 g/mol. The number of amides is 2. The zero-order chi connectivity index (χ0) is 20.2. The number of carbonyl (C=O) groups excluding carboxylic acids is 2. The minimum absolute atomic E-state index is 0.00859. The third kappa shape index (κ3) is 4.47. The highest BCUT2D eigenvalue weighted by molar-refractivity contribution is 5.92. The Balaban J connectivity index is 1.21. The molecule has 2 unspecified atom stereocenters. The van der Waals surface area contributed by atoms with E-state index in [1.54, 1.807) is 17.3 Å². The first-order chi connectivity index (χ1) is 14.1. The van der Waals surface area contributed by atoms with Crippen molar-refractivity contribution in [2.45, 2.75) is 19.3 Å². The summed E-state index contributed by atoms with van der Waals surface area (Å²) >= 11 is 0. The first kappa shape index (κ1) is 19.2. The molecule has 1 aliphatic carbocycles. The van der Waals surface area contributed by atoms with Gasteiger partial charge in [0.05, 0.1) is 11.8 Å². The lowest BCUT2D eigenvalue weighted by Crippen LogP contribution is -2.33. The molecule has 2 heterocycles. The number of benzene rings is 1. The number of para-hydroxylation sites is 1. The molecule has 150 valence electrons. The van der Waals surface area contributed by atoms with Crippen LogP contribution in [0.15, 0.2) is 55.0 Å². The van der Waals surface area contributed by atoms with Crippen molar-refractivity contribution in [3.8, 4) is 0 Å². The Morgan fingerprint density at radius 3 is 2.76 bits per heavy atom. The Morgan fingerprint density at radius 1 is 1.14 bits per heavy atom. The number of hydrogen-bond acceptors (Lipinski definition) is 3. The number of H-pyrrole nitrogens is 1. The van der Waals surface area contributed by atoms with E-state index in [1.165, 1.54) is 10.9 Å². The normalized spacial score (nSPS) is 17.8. The van der Waals surface area contributed by atoms with Crippen molar-refractivity contribution in [2.24, 2.45) is 11.8 Å². The van der Waals surface area contributed by atoms with Crippen molar-refractivity contribution < 1.29 is 9.59 Å². The first-order valence-corrected chi connectivity index (χ1v) is 10.1. The molecule has 0 aliphatic heterocycles. The summed E-state index contributed by atoms with van der Waals surface area (Å²) in [6.07, 6.45) is 7.73. The van der Waals surface area contributed by atoms with Gasteiger partial charge in [-0.3, -0.25) is 14.6 Å². The second kappa shape index (κ2) is 8.47. The van der Waals surface area contributed by atoms with E-state index in [1.807, 2.05) is 43.6 Å². The second-order valence-corrected chi connectivity index (χ2v) is 7.71. The maximum atomic E-state index is 12.6. The van der Waals surface area contributed by atoms with Crippen LogP contribution < -0.4 is 5.32 Å². The monoisotopic (exact) mass is 390 g/mol. The van der Waals surface area contributed by atoms with Crippen molar-refractivity contribution in [3.63, 3.8) is 0 Å². The van der Waals surface area contributed by atoms with Crippen molar-refractivity contribution in [2.75, 3.05) is 20.1 Å². The number of rotatable bonds is 8. The molecule has 6 nitrogen and oxygen atoms in total. The minimum Gasteiger partial charge on any atom is -0.361 e. The van der Waals surface area contributed by atoms with Gasteiger partial charge in [-0.15, -0.1) is 0 Å². The van der Waals surface area contributed by atoms with Crippen LogP contribution in [0.25, 0.3) is 10.9 Å². The molecule has 29 heavy (non-hydrogen) atoms. The number of aromatic amines is 1. The quantitative estimate of drug-likeness (QED) is 0.621. The zero-order valence-electron chi connectivity index (χ0n) is 16.6. The Kier molecular flexibility index (Phi) is 5.60. The number of aromatic nitrogens is 2. The van der Waals surface area contributed by atoms with Crippen LogP contribution >= 0.6 is 0 Å². The van der Waals surface area contributed by atoms with E-state index in [9.17, 15) is 9.59 Å². The van der Waals surface area contributed by atoms with E-state index in [0.29, 0.717) is 19.5 Å². The molecule has 1 aromatic carbocycles. The highest BCUT2D eigenvalue weighted by atomic mass is 16.2. The topological polar surface area (TPSA) is 78.1 Å². The van der Waals surface area contributed by atoms with Crippen molar-refractivity contribution in [1.82, 2.24) is 20.2 Å². The predicted octanol–water partition coefficient (Wildman–Crippen LogP) is 2.56. The highest BCUT2D eigenvalue weighted by Gasteiger charge is 2.48. The van der Waals surface area contributed by atoms with Crippen molar-refractivity contribution in [1.29, 1.82) is 0 Å². The Bertz CT molecular complexity index is 998. The molecule has 6 heteroatoms.